The second-order valence-corrected chi connectivity index (χ2v) is 5.46. The summed E-state index contributed by atoms with van der Waals surface area (Å²) in [6, 6.07) is 0. The number of hydrogen-bond donors (Lipinski definition) is 0. The van der Waals surface area contributed by atoms with Crippen molar-refractivity contribution in [3.8, 4) is 0 Å². The van der Waals surface area contributed by atoms with E-state index in [1.807, 2.05) is 0 Å². The van der Waals surface area contributed by atoms with Crippen LogP contribution in [0.2, 0.25) is 0 Å². The van der Waals surface area contributed by atoms with Crippen LogP contribution in [0.1, 0.15) is 90.4 Å². The first-order valence-corrected chi connectivity index (χ1v) is 7.82. The summed E-state index contributed by atoms with van der Waals surface area (Å²) in [5.74, 6) is -0.622. The molecule has 0 aliphatic carbocycles. The van der Waals surface area contributed by atoms with Crippen LogP contribution in [0.5, 0.6) is 0 Å². The number of aliphatic carboxylic acids is 1. The van der Waals surface area contributed by atoms with E-state index in [-0.39, 0.29) is 36.0 Å². The van der Waals surface area contributed by atoms with Crippen molar-refractivity contribution >= 4 is 11.8 Å². The van der Waals surface area contributed by atoms with E-state index in [0.717, 1.165) is 32.1 Å². The average molecular weight is 292 g/mol. The first-order valence-electron chi connectivity index (χ1n) is 7.82. The van der Waals surface area contributed by atoms with Gasteiger partial charge in [-0.3, -0.25) is 0 Å². The van der Waals surface area contributed by atoms with Gasteiger partial charge in [-0.05, 0) is 26.2 Å². The van der Waals surface area contributed by atoms with E-state index in [1.54, 1.807) is 6.92 Å². The van der Waals surface area contributed by atoms with Gasteiger partial charge in [0.05, 0.1) is 0 Å². The summed E-state index contributed by atoms with van der Waals surface area (Å²) in [5, 5.41) is 10.2. The molecule has 0 bridgehead atoms. The third-order valence-electron chi connectivity index (χ3n) is 3.41. The SMILES string of the molecule is CC(=O)CCCCCCCCCCCCCC(=O)[O-].[Na+]. The van der Waals surface area contributed by atoms with Crippen LogP contribution in [0.3, 0.4) is 0 Å². The molecule has 112 valence electrons. The van der Waals surface area contributed by atoms with Crippen LogP contribution in [0.25, 0.3) is 0 Å². The standard InChI is InChI=1S/C16H30O3.Na/c1-15(17)13-11-9-7-5-3-2-4-6-8-10-12-14-16(18)19;/h2-14H2,1H3,(H,18,19);/q;+1/p-1. The zero-order valence-electron chi connectivity index (χ0n) is 13.4. The Balaban J connectivity index is 0. The molecule has 0 rings (SSSR count). The van der Waals surface area contributed by atoms with Crippen molar-refractivity contribution in [1.29, 1.82) is 0 Å². The summed E-state index contributed by atoms with van der Waals surface area (Å²) in [7, 11) is 0. The number of carboxylic acids is 1. The molecule has 0 heterocycles. The number of carbonyl (C=O) groups is 2. The Hall–Kier alpha value is 0.140. The number of rotatable bonds is 14. The molecule has 0 atom stereocenters. The summed E-state index contributed by atoms with van der Waals surface area (Å²) in [6.07, 6.45) is 13.7. The fourth-order valence-corrected chi connectivity index (χ4v) is 2.23. The van der Waals surface area contributed by atoms with Gasteiger partial charge in [0.15, 0.2) is 0 Å². The largest absolute Gasteiger partial charge is 1.00 e. The topological polar surface area (TPSA) is 57.2 Å². The average Bonchev–Trinajstić information content (AvgIpc) is 2.34. The molecule has 0 aromatic rings. The molecule has 0 aromatic heterocycles. The minimum Gasteiger partial charge on any atom is -0.550 e. The van der Waals surface area contributed by atoms with E-state index in [4.69, 9.17) is 0 Å². The molecule has 0 radical (unpaired) electrons. The third kappa shape index (κ3) is 20.5. The summed E-state index contributed by atoms with van der Waals surface area (Å²) in [4.78, 5) is 20.9. The maximum Gasteiger partial charge on any atom is 1.00 e. The molecule has 0 unspecified atom stereocenters. The van der Waals surface area contributed by atoms with E-state index >= 15 is 0 Å². The van der Waals surface area contributed by atoms with Crippen LogP contribution in [-0.2, 0) is 9.59 Å². The third-order valence-corrected chi connectivity index (χ3v) is 3.41. The van der Waals surface area contributed by atoms with Gasteiger partial charge in [-0.1, -0.05) is 57.8 Å². The van der Waals surface area contributed by atoms with Gasteiger partial charge in [0.25, 0.3) is 0 Å². The van der Waals surface area contributed by atoms with Gasteiger partial charge in [0, 0.05) is 12.4 Å². The van der Waals surface area contributed by atoms with Crippen LogP contribution in [0, 0.1) is 0 Å². The number of carboxylic acid groups (broad SMARTS) is 1. The summed E-state index contributed by atoms with van der Waals surface area (Å²) in [6.45, 7) is 1.66. The van der Waals surface area contributed by atoms with Crippen molar-refractivity contribution in [1.82, 2.24) is 0 Å². The van der Waals surface area contributed by atoms with Crippen LogP contribution < -0.4 is 34.7 Å². The fraction of sp³-hybridized carbons (Fsp3) is 0.875. The van der Waals surface area contributed by atoms with Crippen molar-refractivity contribution in [2.75, 3.05) is 0 Å². The molecular formula is C16H29NaO3. The molecule has 4 heteroatoms. The molecule has 0 N–H and O–H groups in total. The van der Waals surface area contributed by atoms with Crippen molar-refractivity contribution in [2.45, 2.75) is 90.4 Å². The molecule has 0 fully saturated rings. The van der Waals surface area contributed by atoms with Crippen molar-refractivity contribution < 1.29 is 44.3 Å². The van der Waals surface area contributed by atoms with Crippen LogP contribution in [0.4, 0.5) is 0 Å². The quantitative estimate of drug-likeness (QED) is 0.344. The molecule has 0 saturated heterocycles. The first kappa shape index (κ1) is 22.4. The van der Waals surface area contributed by atoms with E-state index < -0.39 is 5.97 Å². The van der Waals surface area contributed by atoms with Crippen LogP contribution >= 0.6 is 0 Å². The second kappa shape index (κ2) is 17.2. The summed E-state index contributed by atoms with van der Waals surface area (Å²) in [5.41, 5.74) is 0. The predicted molar refractivity (Wildman–Crippen MR) is 75.7 cm³/mol. The molecule has 20 heavy (non-hydrogen) atoms. The maximum atomic E-state index is 10.7. The Morgan fingerprint density at radius 1 is 0.650 bits per heavy atom. The number of ketones is 1. The smallest absolute Gasteiger partial charge is 0.550 e. The van der Waals surface area contributed by atoms with Gasteiger partial charge in [-0.25, -0.2) is 0 Å². The minimum atomic E-state index is -0.926. The Morgan fingerprint density at radius 2 is 0.950 bits per heavy atom. The normalized spacial score (nSPS) is 10.1. The zero-order valence-corrected chi connectivity index (χ0v) is 15.4. The monoisotopic (exact) mass is 292 g/mol. The predicted octanol–water partition coefficient (Wildman–Crippen LogP) is 0.401. The Labute approximate surface area is 146 Å². The Bertz CT molecular complexity index is 218. The number of Topliss-reactive ketones (excluding diaryl/α,β-unsaturated/α-hetero) is 1. The molecule has 3 nitrogen and oxygen atoms in total. The van der Waals surface area contributed by atoms with Crippen molar-refractivity contribution in [2.24, 2.45) is 0 Å². The molecule has 0 aromatic carbocycles. The van der Waals surface area contributed by atoms with Crippen LogP contribution in [-0.4, -0.2) is 11.8 Å². The second-order valence-electron chi connectivity index (χ2n) is 5.46. The molecule has 0 aliphatic rings. The van der Waals surface area contributed by atoms with E-state index in [1.165, 1.54) is 44.9 Å². The van der Waals surface area contributed by atoms with Crippen molar-refractivity contribution in [3.63, 3.8) is 0 Å². The molecule has 0 spiro atoms. The fourth-order valence-electron chi connectivity index (χ4n) is 2.23. The summed E-state index contributed by atoms with van der Waals surface area (Å²) < 4.78 is 0. The maximum absolute atomic E-state index is 10.7. The molecular weight excluding hydrogens is 263 g/mol. The number of carbonyl (C=O) groups excluding carboxylic acids is 2. The Kier molecular flexibility index (Phi) is 19.3. The first-order chi connectivity index (χ1) is 9.13. The Morgan fingerprint density at radius 3 is 1.25 bits per heavy atom. The number of unbranched alkanes of at least 4 members (excludes halogenated alkanes) is 10. The molecule has 0 amide bonds. The van der Waals surface area contributed by atoms with Gasteiger partial charge >= 0.3 is 29.6 Å². The minimum absolute atomic E-state index is 0. The van der Waals surface area contributed by atoms with E-state index in [2.05, 4.69) is 0 Å². The summed E-state index contributed by atoms with van der Waals surface area (Å²) >= 11 is 0. The van der Waals surface area contributed by atoms with Gasteiger partial charge in [0.2, 0.25) is 0 Å². The van der Waals surface area contributed by atoms with E-state index in [9.17, 15) is 14.7 Å². The van der Waals surface area contributed by atoms with Crippen LogP contribution in [0.15, 0.2) is 0 Å². The molecule has 0 aliphatic heterocycles. The molecule has 0 saturated carbocycles. The van der Waals surface area contributed by atoms with Crippen molar-refractivity contribution in [3.05, 3.63) is 0 Å². The van der Waals surface area contributed by atoms with Gasteiger partial charge in [0.1, 0.15) is 5.78 Å². The van der Waals surface area contributed by atoms with Gasteiger partial charge < -0.3 is 14.7 Å². The van der Waals surface area contributed by atoms with Gasteiger partial charge in [-0.15, -0.1) is 0 Å². The van der Waals surface area contributed by atoms with E-state index in [0.29, 0.717) is 5.78 Å². The number of hydrogen-bond acceptors (Lipinski definition) is 3. The zero-order chi connectivity index (χ0) is 14.3. The van der Waals surface area contributed by atoms with Gasteiger partial charge in [-0.2, -0.15) is 0 Å².